The molecule has 0 fully saturated rings. The summed E-state index contributed by atoms with van der Waals surface area (Å²) >= 11 is 0. The van der Waals surface area contributed by atoms with Crippen LogP contribution in [0.4, 0.5) is 10.5 Å². The summed E-state index contributed by atoms with van der Waals surface area (Å²) in [5, 5.41) is 8.08. The third kappa shape index (κ3) is 5.87. The van der Waals surface area contributed by atoms with E-state index in [4.69, 9.17) is 14.2 Å². The summed E-state index contributed by atoms with van der Waals surface area (Å²) in [5.74, 6) is 0.0618. The van der Waals surface area contributed by atoms with E-state index in [1.165, 1.54) is 0 Å². The molecule has 0 spiro atoms. The molecule has 0 saturated carbocycles. The molecule has 3 rings (SSSR count). The summed E-state index contributed by atoms with van der Waals surface area (Å²) < 4.78 is 15.5. The number of carbonyl (C=O) groups is 3. The smallest absolute Gasteiger partial charge is 0.338 e. The Labute approximate surface area is 173 Å². The van der Waals surface area contributed by atoms with Gasteiger partial charge in [0.25, 0.3) is 5.91 Å². The highest BCUT2D eigenvalue weighted by atomic mass is 16.7. The van der Waals surface area contributed by atoms with Gasteiger partial charge in [0.1, 0.15) is 0 Å². The molecule has 2 aromatic rings. The van der Waals surface area contributed by atoms with Crippen LogP contribution in [-0.2, 0) is 16.1 Å². The molecule has 0 bridgehead atoms. The van der Waals surface area contributed by atoms with Crippen LogP contribution in [0.5, 0.6) is 11.5 Å². The third-order valence-corrected chi connectivity index (χ3v) is 4.05. The molecular weight excluding hydrogens is 390 g/mol. The molecule has 0 radical (unpaired) electrons. The number of urea groups is 1. The van der Waals surface area contributed by atoms with Crippen LogP contribution in [0.25, 0.3) is 0 Å². The number of fused-ring (bicyclic) bond motifs is 1. The van der Waals surface area contributed by atoms with Crippen molar-refractivity contribution < 1.29 is 28.6 Å². The lowest BCUT2D eigenvalue weighted by Crippen LogP contribution is -2.39. The first-order chi connectivity index (χ1) is 14.4. The molecule has 1 aliphatic rings. The van der Waals surface area contributed by atoms with Crippen LogP contribution < -0.4 is 25.4 Å². The second-order valence-electron chi connectivity index (χ2n) is 6.87. The third-order valence-electron chi connectivity index (χ3n) is 4.05. The number of esters is 1. The fourth-order valence-electron chi connectivity index (χ4n) is 2.64. The number of rotatable bonds is 7. The van der Waals surface area contributed by atoms with Gasteiger partial charge in [0.15, 0.2) is 18.1 Å². The van der Waals surface area contributed by atoms with Crippen LogP contribution in [0.15, 0.2) is 42.5 Å². The molecule has 0 saturated heterocycles. The van der Waals surface area contributed by atoms with Crippen molar-refractivity contribution in [2.24, 2.45) is 0 Å². The molecule has 1 aliphatic heterocycles. The number of amides is 3. The first kappa shape index (κ1) is 21.0. The predicted octanol–water partition coefficient (Wildman–Crippen LogP) is 2.42. The lowest BCUT2D eigenvalue weighted by molar-refractivity contribution is -0.119. The average molecular weight is 413 g/mol. The molecular formula is C21H23N3O6. The van der Waals surface area contributed by atoms with Crippen molar-refractivity contribution in [3.05, 3.63) is 53.6 Å². The molecule has 0 aromatic heterocycles. The van der Waals surface area contributed by atoms with Gasteiger partial charge >= 0.3 is 12.0 Å². The maximum absolute atomic E-state index is 12.1. The lowest BCUT2D eigenvalue weighted by atomic mass is 10.1. The number of ether oxygens (including phenoxy) is 3. The van der Waals surface area contributed by atoms with Gasteiger partial charge in [0.05, 0.1) is 5.56 Å². The second-order valence-corrected chi connectivity index (χ2v) is 6.87. The molecule has 0 atom stereocenters. The highest BCUT2D eigenvalue weighted by Gasteiger charge is 2.15. The summed E-state index contributed by atoms with van der Waals surface area (Å²) in [7, 11) is 0. The van der Waals surface area contributed by atoms with E-state index in [9.17, 15) is 14.4 Å². The Bertz CT molecular complexity index is 927. The number of carbonyl (C=O) groups excluding carboxylic acids is 3. The lowest BCUT2D eigenvalue weighted by Gasteiger charge is -2.10. The number of hydrogen-bond acceptors (Lipinski definition) is 6. The Morgan fingerprint density at radius 3 is 2.50 bits per heavy atom. The first-order valence-corrected chi connectivity index (χ1v) is 9.40. The van der Waals surface area contributed by atoms with Crippen molar-refractivity contribution in [2.45, 2.75) is 26.4 Å². The van der Waals surface area contributed by atoms with E-state index in [2.05, 4.69) is 16.0 Å². The molecule has 0 aliphatic carbocycles. The van der Waals surface area contributed by atoms with Gasteiger partial charge in [-0.25, -0.2) is 9.59 Å². The topological polar surface area (TPSA) is 115 Å². The summed E-state index contributed by atoms with van der Waals surface area (Å²) in [4.78, 5) is 35.7. The molecule has 2 aromatic carbocycles. The van der Waals surface area contributed by atoms with Crippen molar-refractivity contribution >= 4 is 23.6 Å². The van der Waals surface area contributed by atoms with Gasteiger partial charge in [-0.1, -0.05) is 12.1 Å². The van der Waals surface area contributed by atoms with E-state index in [-0.39, 0.29) is 18.9 Å². The van der Waals surface area contributed by atoms with E-state index >= 15 is 0 Å². The molecule has 9 heteroatoms. The minimum atomic E-state index is -0.618. The maximum Gasteiger partial charge on any atom is 0.338 e. The van der Waals surface area contributed by atoms with Crippen molar-refractivity contribution in [3.8, 4) is 11.5 Å². The molecule has 3 N–H and O–H groups in total. The highest BCUT2D eigenvalue weighted by Crippen LogP contribution is 2.34. The van der Waals surface area contributed by atoms with E-state index in [0.717, 1.165) is 5.56 Å². The molecule has 9 nitrogen and oxygen atoms in total. The Balaban J connectivity index is 1.44. The van der Waals surface area contributed by atoms with Crippen LogP contribution >= 0.6 is 0 Å². The second kappa shape index (κ2) is 9.64. The SMILES string of the molecule is CC(C)NC(=O)NCc1ccc(C(=O)OCC(=O)Nc2ccc3c(c2)OCO3)cc1. The minimum absolute atomic E-state index is 0.0457. The standard InChI is InChI=1S/C21H23N3O6/c1-13(2)23-21(27)22-10-14-3-5-15(6-4-14)20(26)28-11-19(25)24-16-7-8-17-18(9-16)30-12-29-17/h3-9,13H,10-12H2,1-2H3,(H,24,25)(H2,22,23,27). The fraction of sp³-hybridized carbons (Fsp3) is 0.286. The van der Waals surface area contributed by atoms with Gasteiger partial charge in [0.2, 0.25) is 6.79 Å². The zero-order valence-corrected chi connectivity index (χ0v) is 16.7. The molecule has 30 heavy (non-hydrogen) atoms. The highest BCUT2D eigenvalue weighted by molar-refractivity contribution is 5.95. The van der Waals surface area contributed by atoms with Crippen molar-refractivity contribution in [1.82, 2.24) is 10.6 Å². The molecule has 0 unspecified atom stereocenters. The largest absolute Gasteiger partial charge is 0.454 e. The number of anilines is 1. The van der Waals surface area contributed by atoms with Crippen molar-refractivity contribution in [2.75, 3.05) is 18.7 Å². The Morgan fingerprint density at radius 1 is 1.03 bits per heavy atom. The van der Waals surface area contributed by atoms with Gasteiger partial charge in [-0.05, 0) is 43.7 Å². The maximum atomic E-state index is 12.1. The zero-order chi connectivity index (χ0) is 21.5. The van der Waals surface area contributed by atoms with Crippen LogP contribution in [0, 0.1) is 0 Å². The number of nitrogens with one attached hydrogen (secondary N) is 3. The normalized spacial score (nSPS) is 11.7. The fourth-order valence-corrected chi connectivity index (χ4v) is 2.64. The van der Waals surface area contributed by atoms with E-state index in [1.807, 2.05) is 13.8 Å². The van der Waals surface area contributed by atoms with Crippen molar-refractivity contribution in [3.63, 3.8) is 0 Å². The Kier molecular flexibility index (Phi) is 6.74. The molecule has 158 valence electrons. The Hall–Kier alpha value is -3.75. The monoisotopic (exact) mass is 413 g/mol. The summed E-state index contributed by atoms with van der Waals surface area (Å²) in [6.07, 6.45) is 0. The van der Waals surface area contributed by atoms with E-state index < -0.39 is 18.5 Å². The van der Waals surface area contributed by atoms with Gasteiger partial charge in [0, 0.05) is 24.3 Å². The quantitative estimate of drug-likeness (QED) is 0.601. The van der Waals surface area contributed by atoms with Crippen LogP contribution in [0.3, 0.4) is 0 Å². The van der Waals surface area contributed by atoms with Gasteiger partial charge in [-0.2, -0.15) is 0 Å². The van der Waals surface area contributed by atoms with Gasteiger partial charge in [-0.3, -0.25) is 4.79 Å². The van der Waals surface area contributed by atoms with Gasteiger partial charge < -0.3 is 30.2 Å². The first-order valence-electron chi connectivity index (χ1n) is 9.40. The van der Waals surface area contributed by atoms with E-state index in [0.29, 0.717) is 29.3 Å². The summed E-state index contributed by atoms with van der Waals surface area (Å²) in [5.41, 5.74) is 1.64. The van der Waals surface area contributed by atoms with Crippen LogP contribution in [0.2, 0.25) is 0 Å². The van der Waals surface area contributed by atoms with Crippen LogP contribution in [-0.4, -0.2) is 37.3 Å². The zero-order valence-electron chi connectivity index (χ0n) is 16.7. The molecule has 1 heterocycles. The van der Waals surface area contributed by atoms with E-state index in [1.54, 1.807) is 42.5 Å². The summed E-state index contributed by atoms with van der Waals surface area (Å²) in [6, 6.07) is 11.3. The number of hydrogen-bond donors (Lipinski definition) is 3. The Morgan fingerprint density at radius 2 is 1.77 bits per heavy atom. The van der Waals surface area contributed by atoms with Crippen molar-refractivity contribution in [1.29, 1.82) is 0 Å². The van der Waals surface area contributed by atoms with Gasteiger partial charge in [-0.15, -0.1) is 0 Å². The number of benzene rings is 2. The summed E-state index contributed by atoms with van der Waals surface area (Å²) in [6.45, 7) is 3.78. The minimum Gasteiger partial charge on any atom is -0.454 e. The van der Waals surface area contributed by atoms with Crippen LogP contribution in [0.1, 0.15) is 29.8 Å². The molecule has 3 amide bonds. The average Bonchev–Trinajstić information content (AvgIpc) is 3.18. The predicted molar refractivity (Wildman–Crippen MR) is 108 cm³/mol.